The van der Waals surface area contributed by atoms with Gasteiger partial charge < -0.3 is 5.11 Å². The molecule has 96 valence electrons. The van der Waals surface area contributed by atoms with Crippen molar-refractivity contribution in [3.05, 3.63) is 41.0 Å². The van der Waals surface area contributed by atoms with Crippen molar-refractivity contribution < 1.29 is 5.11 Å². The molecule has 1 aromatic rings. The molecule has 1 fully saturated rings. The van der Waals surface area contributed by atoms with Crippen LogP contribution in [0.15, 0.2) is 29.8 Å². The molecule has 3 rings (SSSR count). The first-order chi connectivity index (χ1) is 8.42. The van der Waals surface area contributed by atoms with Gasteiger partial charge in [-0.1, -0.05) is 44.2 Å². The molecule has 0 aliphatic heterocycles. The first kappa shape index (κ1) is 12.0. The Kier molecular flexibility index (Phi) is 2.47. The fraction of sp³-hybridized carbons (Fsp3) is 0.529. The Bertz CT molecular complexity index is 508. The lowest BCUT2D eigenvalue weighted by atomic mass is 9.58. The molecule has 0 radical (unpaired) electrons. The highest BCUT2D eigenvalue weighted by Crippen LogP contribution is 2.52. The molecular weight excluding hydrogens is 220 g/mol. The van der Waals surface area contributed by atoms with Gasteiger partial charge in [0.15, 0.2) is 0 Å². The molecule has 0 amide bonds. The molecule has 1 heteroatoms. The molecule has 2 atom stereocenters. The van der Waals surface area contributed by atoms with Crippen LogP contribution in [0.25, 0.3) is 6.08 Å². The van der Waals surface area contributed by atoms with E-state index in [0.717, 1.165) is 12.8 Å². The van der Waals surface area contributed by atoms with Gasteiger partial charge in [-0.25, -0.2) is 0 Å². The van der Waals surface area contributed by atoms with Gasteiger partial charge >= 0.3 is 0 Å². The topological polar surface area (TPSA) is 20.2 Å². The van der Waals surface area contributed by atoms with E-state index in [2.05, 4.69) is 44.2 Å². The van der Waals surface area contributed by atoms with E-state index in [9.17, 15) is 5.11 Å². The average molecular weight is 242 g/mol. The molecule has 1 N–H and O–H groups in total. The van der Waals surface area contributed by atoms with Crippen LogP contribution in [-0.4, -0.2) is 10.7 Å². The fourth-order valence-corrected chi connectivity index (χ4v) is 3.49. The second kappa shape index (κ2) is 3.71. The maximum atomic E-state index is 11.0. The molecule has 2 aliphatic rings. The van der Waals surface area contributed by atoms with E-state index in [1.165, 1.54) is 23.1 Å². The minimum absolute atomic E-state index is 0.0262. The van der Waals surface area contributed by atoms with Gasteiger partial charge in [-0.15, -0.1) is 0 Å². The summed E-state index contributed by atoms with van der Waals surface area (Å²) in [4.78, 5) is 0. The molecular formula is C17H22O. The lowest BCUT2D eigenvalue weighted by molar-refractivity contribution is -0.0509. The van der Waals surface area contributed by atoms with Gasteiger partial charge in [0.05, 0.1) is 5.60 Å². The molecule has 0 aromatic heterocycles. The maximum absolute atomic E-state index is 11.0. The van der Waals surface area contributed by atoms with E-state index < -0.39 is 5.60 Å². The Labute approximate surface area is 110 Å². The summed E-state index contributed by atoms with van der Waals surface area (Å²) in [6, 6.07) is 8.58. The molecule has 0 spiro atoms. The van der Waals surface area contributed by atoms with E-state index in [0.29, 0.717) is 5.92 Å². The Morgan fingerprint density at radius 3 is 2.67 bits per heavy atom. The Morgan fingerprint density at radius 2 is 1.89 bits per heavy atom. The predicted molar refractivity (Wildman–Crippen MR) is 75.3 cm³/mol. The zero-order valence-corrected chi connectivity index (χ0v) is 11.5. The second-order valence-corrected chi connectivity index (χ2v) is 6.69. The molecule has 0 saturated heterocycles. The van der Waals surface area contributed by atoms with E-state index in [1.807, 2.05) is 6.92 Å². The molecule has 1 nitrogen and oxygen atoms in total. The smallest absolute Gasteiger partial charge is 0.0885 e. The lowest BCUT2D eigenvalue weighted by Gasteiger charge is -2.50. The summed E-state index contributed by atoms with van der Waals surface area (Å²) in [5.41, 5.74) is 3.27. The van der Waals surface area contributed by atoms with Crippen molar-refractivity contribution in [2.24, 2.45) is 11.3 Å². The number of rotatable bonds is 0. The Morgan fingerprint density at radius 1 is 1.17 bits per heavy atom. The van der Waals surface area contributed by atoms with Gasteiger partial charge in [-0.3, -0.25) is 0 Å². The van der Waals surface area contributed by atoms with Crippen molar-refractivity contribution >= 4 is 6.08 Å². The van der Waals surface area contributed by atoms with Crippen LogP contribution in [0, 0.1) is 11.3 Å². The minimum Gasteiger partial charge on any atom is -0.385 e. The van der Waals surface area contributed by atoms with E-state index in [1.54, 1.807) is 0 Å². The van der Waals surface area contributed by atoms with Gasteiger partial charge in [0, 0.05) is 0 Å². The molecule has 0 bridgehead atoms. The highest BCUT2D eigenvalue weighted by molar-refractivity contribution is 5.63. The van der Waals surface area contributed by atoms with Crippen LogP contribution in [0.5, 0.6) is 0 Å². The fourth-order valence-electron chi connectivity index (χ4n) is 3.49. The first-order valence-corrected chi connectivity index (χ1v) is 6.94. The van der Waals surface area contributed by atoms with E-state index in [-0.39, 0.29) is 5.41 Å². The molecule has 2 unspecified atom stereocenters. The largest absolute Gasteiger partial charge is 0.385 e. The highest BCUT2D eigenvalue weighted by Gasteiger charge is 2.48. The highest BCUT2D eigenvalue weighted by atomic mass is 16.3. The third-order valence-corrected chi connectivity index (χ3v) is 5.27. The number of aliphatic hydroxyl groups is 1. The minimum atomic E-state index is -0.677. The van der Waals surface area contributed by atoms with Crippen LogP contribution in [0.4, 0.5) is 0 Å². The molecule has 2 aliphatic carbocycles. The van der Waals surface area contributed by atoms with Gasteiger partial charge in [-0.2, -0.15) is 0 Å². The lowest BCUT2D eigenvalue weighted by Crippen LogP contribution is -2.50. The zero-order valence-electron chi connectivity index (χ0n) is 11.5. The van der Waals surface area contributed by atoms with Crippen LogP contribution >= 0.6 is 0 Å². The van der Waals surface area contributed by atoms with Crippen molar-refractivity contribution in [1.29, 1.82) is 0 Å². The summed E-state index contributed by atoms with van der Waals surface area (Å²) < 4.78 is 0. The summed E-state index contributed by atoms with van der Waals surface area (Å²) in [6.07, 6.45) is 5.63. The molecule has 18 heavy (non-hydrogen) atoms. The quantitative estimate of drug-likeness (QED) is 0.733. The number of benzene rings is 1. The second-order valence-electron chi connectivity index (χ2n) is 6.69. The van der Waals surface area contributed by atoms with Crippen molar-refractivity contribution in [2.75, 3.05) is 0 Å². The van der Waals surface area contributed by atoms with E-state index in [4.69, 9.17) is 0 Å². The third-order valence-electron chi connectivity index (χ3n) is 5.27. The SMILES string of the molecule is CC1(C)CCC2Cc3ccccc3C=C2C1(C)O. The monoisotopic (exact) mass is 242 g/mol. The van der Waals surface area contributed by atoms with Gasteiger partial charge in [0.1, 0.15) is 0 Å². The van der Waals surface area contributed by atoms with Crippen LogP contribution in [0.2, 0.25) is 0 Å². The summed E-state index contributed by atoms with van der Waals surface area (Å²) in [5.74, 6) is 0.530. The number of hydrogen-bond donors (Lipinski definition) is 1. The van der Waals surface area contributed by atoms with Crippen LogP contribution in [-0.2, 0) is 6.42 Å². The summed E-state index contributed by atoms with van der Waals surface area (Å²) in [6.45, 7) is 6.37. The Hall–Kier alpha value is -1.08. The molecule has 0 heterocycles. The molecule has 1 aromatic carbocycles. The first-order valence-electron chi connectivity index (χ1n) is 6.94. The standard InChI is InChI=1S/C17H22O/c1-16(2)9-8-14-10-12-6-4-5-7-13(12)11-15(14)17(16,3)18/h4-7,11,14,18H,8-10H2,1-3H3. The molecule has 1 saturated carbocycles. The maximum Gasteiger partial charge on any atom is 0.0885 e. The van der Waals surface area contributed by atoms with Gasteiger partial charge in [-0.05, 0) is 54.2 Å². The van der Waals surface area contributed by atoms with Crippen molar-refractivity contribution in [1.82, 2.24) is 0 Å². The summed E-state index contributed by atoms with van der Waals surface area (Å²) >= 11 is 0. The summed E-state index contributed by atoms with van der Waals surface area (Å²) in [7, 11) is 0. The summed E-state index contributed by atoms with van der Waals surface area (Å²) in [5, 5.41) is 11.0. The predicted octanol–water partition coefficient (Wildman–Crippen LogP) is 3.81. The number of fused-ring (bicyclic) bond motifs is 2. The van der Waals surface area contributed by atoms with Crippen molar-refractivity contribution in [3.63, 3.8) is 0 Å². The van der Waals surface area contributed by atoms with Crippen molar-refractivity contribution in [2.45, 2.75) is 45.6 Å². The van der Waals surface area contributed by atoms with Crippen LogP contribution in [0.3, 0.4) is 0 Å². The van der Waals surface area contributed by atoms with Gasteiger partial charge in [0.2, 0.25) is 0 Å². The van der Waals surface area contributed by atoms with E-state index >= 15 is 0 Å². The van der Waals surface area contributed by atoms with Gasteiger partial charge in [0.25, 0.3) is 0 Å². The van der Waals surface area contributed by atoms with Crippen molar-refractivity contribution in [3.8, 4) is 0 Å². The normalized spacial score (nSPS) is 33.3. The zero-order chi connectivity index (χ0) is 13.0. The van der Waals surface area contributed by atoms with Crippen LogP contribution < -0.4 is 0 Å². The third kappa shape index (κ3) is 1.57. The number of hydrogen-bond acceptors (Lipinski definition) is 1. The van der Waals surface area contributed by atoms with Crippen LogP contribution in [0.1, 0.15) is 44.7 Å². The Balaban J connectivity index is 2.11. The average Bonchev–Trinajstić information content (AvgIpc) is 2.33.